The van der Waals surface area contributed by atoms with Crippen LogP contribution in [0.3, 0.4) is 0 Å². The number of carbonyl (C=O) groups excluding carboxylic acids is 1. The minimum atomic E-state index is -3.71. The molecule has 1 rings (SSSR count). The zero-order chi connectivity index (χ0) is 15.3. The third kappa shape index (κ3) is 4.28. The quantitative estimate of drug-likeness (QED) is 0.641. The van der Waals surface area contributed by atoms with Crippen molar-refractivity contribution in [3.05, 3.63) is 29.1 Å². The molecule has 1 aromatic carbocycles. The second-order valence-corrected chi connectivity index (χ2v) is 6.15. The number of sulfonamides is 1. The van der Waals surface area contributed by atoms with Crippen LogP contribution in [0.5, 0.6) is 0 Å². The normalized spacial score (nSPS) is 11.4. The van der Waals surface area contributed by atoms with E-state index in [1.54, 1.807) is 13.8 Å². The van der Waals surface area contributed by atoms with E-state index in [1.807, 2.05) is 0 Å². The largest absolute Gasteiger partial charge is 0.469 e. The molecule has 0 saturated heterocycles. The average Bonchev–Trinajstić information content (AvgIpc) is 2.32. The van der Waals surface area contributed by atoms with Crippen LogP contribution < -0.4 is 4.72 Å². The lowest BCUT2D eigenvalue weighted by Gasteiger charge is -2.12. The Bertz CT molecular complexity index is 575. The fourth-order valence-electron chi connectivity index (χ4n) is 1.93. The molecule has 0 aromatic heterocycles. The van der Waals surface area contributed by atoms with Gasteiger partial charge in [-0.15, -0.1) is 0 Å². The molecule has 7 heteroatoms. The molecule has 0 aliphatic rings. The van der Waals surface area contributed by atoms with E-state index in [9.17, 15) is 17.6 Å². The van der Waals surface area contributed by atoms with Crippen LogP contribution in [0, 0.1) is 19.7 Å². The highest BCUT2D eigenvalue weighted by Crippen LogP contribution is 2.21. The third-order valence-corrected chi connectivity index (χ3v) is 4.54. The molecule has 20 heavy (non-hydrogen) atoms. The van der Waals surface area contributed by atoms with Crippen molar-refractivity contribution in [2.45, 2.75) is 31.6 Å². The highest BCUT2D eigenvalue weighted by atomic mass is 32.2. The molecular formula is C13H18FNO4S. The molecule has 0 aliphatic heterocycles. The van der Waals surface area contributed by atoms with Gasteiger partial charge >= 0.3 is 5.97 Å². The second-order valence-electron chi connectivity index (χ2n) is 4.45. The molecule has 5 nitrogen and oxygen atoms in total. The van der Waals surface area contributed by atoms with Crippen molar-refractivity contribution in [2.24, 2.45) is 0 Å². The first-order valence-corrected chi connectivity index (χ1v) is 7.59. The van der Waals surface area contributed by atoms with Gasteiger partial charge in [-0.3, -0.25) is 4.79 Å². The Morgan fingerprint density at radius 2 is 1.85 bits per heavy atom. The topological polar surface area (TPSA) is 72.5 Å². The number of hydrogen-bond donors (Lipinski definition) is 1. The van der Waals surface area contributed by atoms with Crippen LogP contribution in [0.15, 0.2) is 17.0 Å². The van der Waals surface area contributed by atoms with Gasteiger partial charge in [0.05, 0.1) is 12.0 Å². The number of hydrogen-bond acceptors (Lipinski definition) is 4. The van der Waals surface area contributed by atoms with Gasteiger partial charge < -0.3 is 4.74 Å². The Labute approximate surface area is 118 Å². The smallest absolute Gasteiger partial charge is 0.305 e. The van der Waals surface area contributed by atoms with Gasteiger partial charge in [-0.05, 0) is 43.5 Å². The van der Waals surface area contributed by atoms with Gasteiger partial charge in [0.15, 0.2) is 0 Å². The van der Waals surface area contributed by atoms with Crippen molar-refractivity contribution in [2.75, 3.05) is 13.7 Å². The number of carbonyl (C=O) groups is 1. The number of nitrogens with one attached hydrogen (secondary N) is 1. The van der Waals surface area contributed by atoms with Crippen molar-refractivity contribution < 1.29 is 22.3 Å². The van der Waals surface area contributed by atoms with Crippen molar-refractivity contribution in [3.63, 3.8) is 0 Å². The summed E-state index contributed by atoms with van der Waals surface area (Å²) in [5.74, 6) is -0.858. The maximum absolute atomic E-state index is 13.2. The molecule has 0 bridgehead atoms. The van der Waals surface area contributed by atoms with E-state index in [4.69, 9.17) is 0 Å². The summed E-state index contributed by atoms with van der Waals surface area (Å²) in [5.41, 5.74) is 0.700. The summed E-state index contributed by atoms with van der Waals surface area (Å²) in [6, 6.07) is 2.35. The Hall–Kier alpha value is -1.47. The SMILES string of the molecule is COC(=O)CCCNS(=O)(=O)c1c(C)cc(F)cc1C. The van der Waals surface area contributed by atoms with Gasteiger partial charge in [0, 0.05) is 13.0 Å². The zero-order valence-electron chi connectivity index (χ0n) is 11.7. The number of halogens is 1. The maximum atomic E-state index is 13.2. The Balaban J connectivity index is 2.77. The summed E-state index contributed by atoms with van der Waals surface area (Å²) in [7, 11) is -2.44. The van der Waals surface area contributed by atoms with Crippen molar-refractivity contribution in [1.29, 1.82) is 0 Å². The molecule has 0 radical (unpaired) electrons. The first kappa shape index (κ1) is 16.6. The van der Waals surface area contributed by atoms with Crippen LogP contribution in [0.25, 0.3) is 0 Å². The van der Waals surface area contributed by atoms with E-state index in [0.717, 1.165) is 0 Å². The average molecular weight is 303 g/mol. The zero-order valence-corrected chi connectivity index (χ0v) is 12.5. The fraction of sp³-hybridized carbons (Fsp3) is 0.462. The Morgan fingerprint density at radius 3 is 2.35 bits per heavy atom. The van der Waals surface area contributed by atoms with E-state index in [1.165, 1.54) is 19.2 Å². The van der Waals surface area contributed by atoms with Crippen molar-refractivity contribution in [3.8, 4) is 0 Å². The molecule has 1 N–H and O–H groups in total. The summed E-state index contributed by atoms with van der Waals surface area (Å²) in [6.45, 7) is 3.20. The van der Waals surface area contributed by atoms with Crippen LogP contribution in [-0.2, 0) is 19.6 Å². The van der Waals surface area contributed by atoms with E-state index >= 15 is 0 Å². The Kier molecular flexibility index (Phi) is 5.64. The van der Waals surface area contributed by atoms with E-state index in [2.05, 4.69) is 9.46 Å². The lowest BCUT2D eigenvalue weighted by Crippen LogP contribution is -2.26. The summed E-state index contributed by atoms with van der Waals surface area (Å²) in [4.78, 5) is 11.0. The van der Waals surface area contributed by atoms with Gasteiger partial charge in [-0.2, -0.15) is 0 Å². The van der Waals surface area contributed by atoms with E-state index in [0.29, 0.717) is 17.5 Å². The molecular weight excluding hydrogens is 285 g/mol. The van der Waals surface area contributed by atoms with Crippen molar-refractivity contribution >= 4 is 16.0 Å². The van der Waals surface area contributed by atoms with Crippen LogP contribution in [-0.4, -0.2) is 28.0 Å². The monoisotopic (exact) mass is 303 g/mol. The minimum absolute atomic E-state index is 0.0805. The summed E-state index contributed by atoms with van der Waals surface area (Å²) < 4.78 is 44.3. The first-order valence-electron chi connectivity index (χ1n) is 6.11. The molecule has 0 saturated carbocycles. The van der Waals surface area contributed by atoms with Crippen molar-refractivity contribution in [1.82, 2.24) is 4.72 Å². The molecule has 0 amide bonds. The lowest BCUT2D eigenvalue weighted by atomic mass is 10.1. The molecule has 0 fully saturated rings. The van der Waals surface area contributed by atoms with Crippen LogP contribution in [0.4, 0.5) is 4.39 Å². The van der Waals surface area contributed by atoms with E-state index in [-0.39, 0.29) is 17.9 Å². The third-order valence-electron chi connectivity index (χ3n) is 2.77. The van der Waals surface area contributed by atoms with Gasteiger partial charge in [0.2, 0.25) is 10.0 Å². The van der Waals surface area contributed by atoms with Gasteiger partial charge in [0.1, 0.15) is 5.82 Å². The maximum Gasteiger partial charge on any atom is 0.305 e. The number of methoxy groups -OCH3 is 1. The van der Waals surface area contributed by atoms with Gasteiger partial charge in [-0.1, -0.05) is 0 Å². The fourth-order valence-corrected chi connectivity index (χ4v) is 3.46. The highest BCUT2D eigenvalue weighted by Gasteiger charge is 2.19. The van der Waals surface area contributed by atoms with Crippen LogP contribution in [0.2, 0.25) is 0 Å². The second kappa shape index (κ2) is 6.81. The highest BCUT2D eigenvalue weighted by molar-refractivity contribution is 7.89. The minimum Gasteiger partial charge on any atom is -0.469 e. The lowest BCUT2D eigenvalue weighted by molar-refractivity contribution is -0.140. The van der Waals surface area contributed by atoms with Gasteiger partial charge in [-0.25, -0.2) is 17.5 Å². The van der Waals surface area contributed by atoms with Gasteiger partial charge in [0.25, 0.3) is 0 Å². The molecule has 0 atom stereocenters. The number of rotatable bonds is 6. The molecule has 0 unspecified atom stereocenters. The number of ether oxygens (including phenoxy) is 1. The predicted octanol–water partition coefficient (Wildman–Crippen LogP) is 1.67. The summed E-state index contributed by atoms with van der Waals surface area (Å²) in [5, 5.41) is 0. The summed E-state index contributed by atoms with van der Waals surface area (Å²) in [6.07, 6.45) is 0.478. The predicted molar refractivity (Wildman–Crippen MR) is 72.3 cm³/mol. The number of esters is 1. The summed E-state index contributed by atoms with van der Waals surface area (Å²) >= 11 is 0. The molecule has 112 valence electrons. The molecule has 0 aliphatic carbocycles. The Morgan fingerprint density at radius 1 is 1.30 bits per heavy atom. The first-order chi connectivity index (χ1) is 9.27. The number of aryl methyl sites for hydroxylation is 2. The molecule has 0 heterocycles. The molecule has 1 aromatic rings. The van der Waals surface area contributed by atoms with Crippen LogP contribution >= 0.6 is 0 Å². The standard InChI is InChI=1S/C13H18FNO4S/c1-9-7-11(14)8-10(2)13(9)20(17,18)15-6-4-5-12(16)19-3/h7-8,15H,4-6H2,1-3H3. The van der Waals surface area contributed by atoms with E-state index < -0.39 is 21.8 Å². The van der Waals surface area contributed by atoms with Crippen LogP contribution in [0.1, 0.15) is 24.0 Å². The molecule has 0 spiro atoms. The number of benzene rings is 1.